The van der Waals surface area contributed by atoms with Crippen LogP contribution >= 0.6 is 11.3 Å². The minimum atomic E-state index is -0.124. The maximum atomic E-state index is 6.26. The highest BCUT2D eigenvalue weighted by atomic mass is 32.1. The Morgan fingerprint density at radius 3 is 2.68 bits per heavy atom. The molecule has 0 N–H and O–H groups in total. The molecule has 126 valence electrons. The van der Waals surface area contributed by atoms with E-state index in [0.717, 1.165) is 29.1 Å². The van der Waals surface area contributed by atoms with Crippen LogP contribution in [0.1, 0.15) is 23.1 Å². The number of thiazole rings is 1. The molecule has 0 spiro atoms. The van der Waals surface area contributed by atoms with Crippen molar-refractivity contribution in [1.82, 2.24) is 14.5 Å². The Bertz CT molecular complexity index is 885. The minimum absolute atomic E-state index is 0.124. The second-order valence-corrected chi connectivity index (χ2v) is 6.90. The second kappa shape index (κ2) is 7.59. The second-order valence-electron chi connectivity index (χ2n) is 5.84. The van der Waals surface area contributed by atoms with Crippen LogP contribution in [0, 0.1) is 0 Å². The number of fused-ring (bicyclic) bond motifs is 1. The first kappa shape index (κ1) is 16.0. The topological polar surface area (TPSA) is 39.9 Å². The highest BCUT2D eigenvalue weighted by Gasteiger charge is 2.19. The Morgan fingerprint density at radius 2 is 1.88 bits per heavy atom. The van der Waals surface area contributed by atoms with Gasteiger partial charge in [-0.3, -0.25) is 0 Å². The Labute approximate surface area is 150 Å². The molecule has 1 atom stereocenters. The molecule has 2 aromatic heterocycles. The summed E-state index contributed by atoms with van der Waals surface area (Å²) in [5.41, 5.74) is 2.18. The van der Waals surface area contributed by atoms with Gasteiger partial charge in [0.05, 0.1) is 16.5 Å². The molecule has 0 radical (unpaired) electrons. The van der Waals surface area contributed by atoms with Gasteiger partial charge in [0, 0.05) is 25.5 Å². The first-order chi connectivity index (χ1) is 12.4. The van der Waals surface area contributed by atoms with Crippen LogP contribution in [0.4, 0.5) is 0 Å². The van der Waals surface area contributed by atoms with Crippen molar-refractivity contribution < 1.29 is 4.74 Å². The van der Waals surface area contributed by atoms with Crippen molar-refractivity contribution in [3.63, 3.8) is 0 Å². The summed E-state index contributed by atoms with van der Waals surface area (Å²) in [4.78, 5) is 8.87. The molecule has 1 unspecified atom stereocenters. The van der Waals surface area contributed by atoms with Crippen LogP contribution in [0.3, 0.4) is 0 Å². The number of rotatable bonds is 7. The predicted octanol–water partition coefficient (Wildman–Crippen LogP) is 4.69. The van der Waals surface area contributed by atoms with E-state index in [4.69, 9.17) is 9.72 Å². The molecule has 0 saturated heterocycles. The van der Waals surface area contributed by atoms with Gasteiger partial charge in [0.25, 0.3) is 0 Å². The normalized spacial score (nSPS) is 12.5. The van der Waals surface area contributed by atoms with Crippen LogP contribution in [0.15, 0.2) is 73.3 Å². The Morgan fingerprint density at radius 1 is 1.04 bits per heavy atom. The maximum Gasteiger partial charge on any atom is 0.134 e. The van der Waals surface area contributed by atoms with E-state index in [9.17, 15) is 0 Å². The fourth-order valence-corrected chi connectivity index (χ4v) is 3.85. The molecule has 4 aromatic rings. The minimum Gasteiger partial charge on any atom is -0.366 e. The van der Waals surface area contributed by atoms with E-state index < -0.39 is 0 Å². The van der Waals surface area contributed by atoms with E-state index in [1.807, 2.05) is 42.9 Å². The predicted molar refractivity (Wildman–Crippen MR) is 101 cm³/mol. The first-order valence-electron chi connectivity index (χ1n) is 8.38. The molecule has 0 bridgehead atoms. The average Bonchev–Trinajstić information content (AvgIpc) is 3.31. The van der Waals surface area contributed by atoms with E-state index in [0.29, 0.717) is 6.61 Å². The highest BCUT2D eigenvalue weighted by molar-refractivity contribution is 7.18. The Balaban J connectivity index is 1.52. The van der Waals surface area contributed by atoms with Gasteiger partial charge in [-0.2, -0.15) is 0 Å². The zero-order valence-corrected chi connectivity index (χ0v) is 14.6. The largest absolute Gasteiger partial charge is 0.366 e. The molecule has 2 heterocycles. The van der Waals surface area contributed by atoms with Gasteiger partial charge in [-0.1, -0.05) is 42.5 Å². The molecule has 0 aliphatic heterocycles. The number of imidazole rings is 1. The molecule has 25 heavy (non-hydrogen) atoms. The third-order valence-corrected chi connectivity index (χ3v) is 5.12. The van der Waals surface area contributed by atoms with Crippen molar-refractivity contribution in [2.45, 2.75) is 19.1 Å². The number of aromatic nitrogens is 3. The van der Waals surface area contributed by atoms with Crippen LogP contribution in [0.2, 0.25) is 0 Å². The summed E-state index contributed by atoms with van der Waals surface area (Å²) in [7, 11) is 0. The van der Waals surface area contributed by atoms with Crippen LogP contribution in [-0.4, -0.2) is 21.1 Å². The lowest BCUT2D eigenvalue weighted by atomic mass is 10.1. The van der Waals surface area contributed by atoms with Gasteiger partial charge in [-0.05, 0) is 24.1 Å². The molecule has 0 saturated carbocycles. The lowest BCUT2D eigenvalue weighted by molar-refractivity contribution is 0.0759. The number of nitrogens with zero attached hydrogens (tertiary/aromatic N) is 3. The monoisotopic (exact) mass is 349 g/mol. The summed E-state index contributed by atoms with van der Waals surface area (Å²) in [6.07, 6.45) is 6.42. The highest BCUT2D eigenvalue weighted by Crippen LogP contribution is 2.32. The molecule has 4 nitrogen and oxygen atoms in total. The van der Waals surface area contributed by atoms with E-state index in [2.05, 4.69) is 33.8 Å². The van der Waals surface area contributed by atoms with Gasteiger partial charge in [-0.15, -0.1) is 11.3 Å². The van der Waals surface area contributed by atoms with Crippen molar-refractivity contribution in [3.8, 4) is 0 Å². The number of para-hydroxylation sites is 1. The van der Waals surface area contributed by atoms with Gasteiger partial charge in [0.15, 0.2) is 0 Å². The van der Waals surface area contributed by atoms with E-state index in [-0.39, 0.29) is 6.10 Å². The molecule has 5 heteroatoms. The van der Waals surface area contributed by atoms with Crippen molar-refractivity contribution in [1.29, 1.82) is 0 Å². The van der Waals surface area contributed by atoms with Gasteiger partial charge >= 0.3 is 0 Å². The SMILES string of the molecule is c1ccc(C(OCCCn2ccnc2)c2nc3ccccc3s2)cc1. The van der Waals surface area contributed by atoms with Gasteiger partial charge < -0.3 is 9.30 Å². The summed E-state index contributed by atoms with van der Waals surface area (Å²) >= 11 is 1.70. The maximum absolute atomic E-state index is 6.26. The molecule has 2 aromatic carbocycles. The third-order valence-electron chi connectivity index (χ3n) is 4.04. The zero-order valence-electron chi connectivity index (χ0n) is 13.8. The summed E-state index contributed by atoms with van der Waals surface area (Å²) in [5, 5.41) is 1.01. The zero-order chi connectivity index (χ0) is 16.9. The van der Waals surface area contributed by atoms with E-state index >= 15 is 0 Å². The van der Waals surface area contributed by atoms with E-state index in [1.165, 1.54) is 4.70 Å². The van der Waals surface area contributed by atoms with Crippen LogP contribution in [0.25, 0.3) is 10.2 Å². The fraction of sp³-hybridized carbons (Fsp3) is 0.200. The molecule has 0 aliphatic carbocycles. The van der Waals surface area contributed by atoms with E-state index in [1.54, 1.807) is 17.5 Å². The third kappa shape index (κ3) is 3.78. The molecular formula is C20H19N3OS. The Hall–Kier alpha value is -2.50. The van der Waals surface area contributed by atoms with Gasteiger partial charge in [0.1, 0.15) is 11.1 Å². The van der Waals surface area contributed by atoms with Crippen molar-refractivity contribution in [2.75, 3.05) is 6.61 Å². The summed E-state index contributed by atoms with van der Waals surface area (Å²) in [6, 6.07) is 18.6. The number of aryl methyl sites for hydroxylation is 1. The smallest absolute Gasteiger partial charge is 0.134 e. The summed E-state index contributed by atoms with van der Waals surface area (Å²) in [5.74, 6) is 0. The first-order valence-corrected chi connectivity index (χ1v) is 9.19. The van der Waals surface area contributed by atoms with Crippen LogP contribution in [-0.2, 0) is 11.3 Å². The molecular weight excluding hydrogens is 330 g/mol. The average molecular weight is 349 g/mol. The summed E-state index contributed by atoms with van der Waals surface area (Å²) < 4.78 is 9.52. The fourth-order valence-electron chi connectivity index (χ4n) is 2.81. The lowest BCUT2D eigenvalue weighted by Gasteiger charge is -2.16. The van der Waals surface area contributed by atoms with Crippen LogP contribution < -0.4 is 0 Å². The number of ether oxygens (including phenoxy) is 1. The molecule has 0 aliphatic rings. The van der Waals surface area contributed by atoms with Crippen molar-refractivity contribution in [3.05, 3.63) is 83.9 Å². The molecule has 0 fully saturated rings. The Kier molecular flexibility index (Phi) is 4.86. The quantitative estimate of drug-likeness (QED) is 0.455. The van der Waals surface area contributed by atoms with Crippen LogP contribution in [0.5, 0.6) is 0 Å². The standard InChI is InChI=1S/C20H19N3OS/c1-2-7-16(8-3-1)19(24-14-6-12-23-13-11-21-15-23)20-22-17-9-4-5-10-18(17)25-20/h1-5,7-11,13,15,19H,6,12,14H2. The molecule has 0 amide bonds. The summed E-state index contributed by atoms with van der Waals surface area (Å²) in [6.45, 7) is 1.58. The van der Waals surface area contributed by atoms with Crippen molar-refractivity contribution in [2.24, 2.45) is 0 Å². The molecule has 4 rings (SSSR count). The lowest BCUT2D eigenvalue weighted by Crippen LogP contribution is -2.09. The van der Waals surface area contributed by atoms with Gasteiger partial charge in [0.2, 0.25) is 0 Å². The number of hydrogen-bond acceptors (Lipinski definition) is 4. The van der Waals surface area contributed by atoms with Crippen molar-refractivity contribution >= 4 is 21.6 Å². The number of hydrogen-bond donors (Lipinski definition) is 0. The number of benzene rings is 2. The van der Waals surface area contributed by atoms with Gasteiger partial charge in [-0.25, -0.2) is 9.97 Å².